The smallest absolute Gasteiger partial charge is 0.290 e. The number of nitrogens with one attached hydrogen (secondary N) is 2. The second kappa shape index (κ2) is 18.0. The molecule has 250 valence electrons. The fourth-order valence-electron chi connectivity index (χ4n) is 4.62. The zero-order chi connectivity index (χ0) is 33.6. The van der Waals surface area contributed by atoms with E-state index in [4.69, 9.17) is 18.9 Å². The third-order valence-corrected chi connectivity index (χ3v) is 8.74. The maximum absolute atomic E-state index is 11.7. The van der Waals surface area contributed by atoms with E-state index in [1.807, 2.05) is 72.8 Å². The Bertz CT molecular complexity index is 1520. The molecular formula is C36H36N2O8S2. The fourth-order valence-corrected chi connectivity index (χ4v) is 5.98. The van der Waals surface area contributed by atoms with Crippen molar-refractivity contribution >= 4 is 58.0 Å². The van der Waals surface area contributed by atoms with Gasteiger partial charge in [-0.3, -0.25) is 29.8 Å². The molecule has 4 amide bonds. The second-order valence-electron chi connectivity index (χ2n) is 10.8. The largest absolute Gasteiger partial charge is 0.494 e. The normalized spacial score (nSPS) is 15.9. The average Bonchev–Trinajstić information content (AvgIpc) is 3.58. The van der Waals surface area contributed by atoms with Gasteiger partial charge in [0.25, 0.3) is 22.3 Å². The topological polar surface area (TPSA) is 129 Å². The number of carbonyl (C=O) groups is 4. The van der Waals surface area contributed by atoms with E-state index < -0.39 is 0 Å². The van der Waals surface area contributed by atoms with Gasteiger partial charge < -0.3 is 18.9 Å². The molecule has 12 heteroatoms. The Labute approximate surface area is 287 Å². The highest BCUT2D eigenvalue weighted by Crippen LogP contribution is 2.27. The molecule has 0 aliphatic carbocycles. The monoisotopic (exact) mass is 688 g/mol. The van der Waals surface area contributed by atoms with Crippen molar-refractivity contribution in [3.63, 3.8) is 0 Å². The van der Waals surface area contributed by atoms with E-state index in [1.54, 1.807) is 12.2 Å². The van der Waals surface area contributed by atoms with Crippen LogP contribution in [0.15, 0.2) is 82.6 Å². The van der Waals surface area contributed by atoms with Crippen molar-refractivity contribution < 1.29 is 38.1 Å². The first-order valence-corrected chi connectivity index (χ1v) is 17.4. The SMILES string of the molecule is O=C1NC(=O)C(=Cc2ccc(OCCCCCOc3ccc(OCCCCCOc4ccc(C=C5SC(=O)NC5=O)cc4)cc3)cc2)S1. The molecule has 3 aromatic rings. The van der Waals surface area contributed by atoms with Gasteiger partial charge in [-0.15, -0.1) is 0 Å². The minimum atomic E-state index is -0.364. The lowest BCUT2D eigenvalue weighted by Crippen LogP contribution is -2.17. The molecule has 10 nitrogen and oxygen atoms in total. The molecule has 0 spiro atoms. The highest BCUT2D eigenvalue weighted by molar-refractivity contribution is 8.18. The van der Waals surface area contributed by atoms with Crippen LogP contribution in [0, 0.1) is 0 Å². The van der Waals surface area contributed by atoms with E-state index in [0.29, 0.717) is 36.2 Å². The second-order valence-corrected chi connectivity index (χ2v) is 12.9. The molecule has 0 atom stereocenters. The molecular weight excluding hydrogens is 653 g/mol. The van der Waals surface area contributed by atoms with Crippen molar-refractivity contribution in [3.8, 4) is 23.0 Å². The average molecular weight is 689 g/mol. The first-order chi connectivity index (χ1) is 23.4. The fraction of sp³-hybridized carbons (Fsp3) is 0.278. The van der Waals surface area contributed by atoms with Crippen molar-refractivity contribution in [2.24, 2.45) is 0 Å². The lowest BCUT2D eigenvalue weighted by molar-refractivity contribution is -0.116. The summed E-state index contributed by atoms with van der Waals surface area (Å²) in [5.41, 5.74) is 1.66. The lowest BCUT2D eigenvalue weighted by Gasteiger charge is -2.10. The molecule has 48 heavy (non-hydrogen) atoms. The van der Waals surface area contributed by atoms with E-state index in [1.165, 1.54) is 0 Å². The quantitative estimate of drug-likeness (QED) is 0.102. The zero-order valence-electron chi connectivity index (χ0n) is 26.2. The van der Waals surface area contributed by atoms with E-state index in [9.17, 15) is 19.2 Å². The molecule has 0 bridgehead atoms. The summed E-state index contributed by atoms with van der Waals surface area (Å²) in [5, 5.41) is 3.79. The van der Waals surface area contributed by atoms with E-state index in [0.717, 1.165) is 96.2 Å². The summed E-state index contributed by atoms with van der Waals surface area (Å²) in [6, 6.07) is 22.5. The summed E-state index contributed by atoms with van der Waals surface area (Å²) in [6.45, 7) is 2.46. The Balaban J connectivity index is 0.859. The van der Waals surface area contributed by atoms with E-state index in [2.05, 4.69) is 10.6 Å². The molecule has 0 aromatic heterocycles. The molecule has 0 radical (unpaired) electrons. The van der Waals surface area contributed by atoms with Crippen molar-refractivity contribution in [1.82, 2.24) is 10.6 Å². The number of amides is 4. The van der Waals surface area contributed by atoms with Gasteiger partial charge in [-0.1, -0.05) is 24.3 Å². The number of benzene rings is 3. The van der Waals surface area contributed by atoms with Gasteiger partial charge in [-0.05, 0) is 134 Å². The number of rotatable bonds is 18. The van der Waals surface area contributed by atoms with Crippen LogP contribution >= 0.6 is 23.5 Å². The van der Waals surface area contributed by atoms with Crippen LogP contribution in [-0.4, -0.2) is 48.7 Å². The van der Waals surface area contributed by atoms with Crippen LogP contribution in [0.25, 0.3) is 12.2 Å². The molecule has 3 aromatic carbocycles. The molecule has 2 aliphatic heterocycles. The number of imide groups is 2. The van der Waals surface area contributed by atoms with Gasteiger partial charge in [0, 0.05) is 0 Å². The third-order valence-electron chi connectivity index (χ3n) is 7.12. The molecule has 0 saturated carbocycles. The summed E-state index contributed by atoms with van der Waals surface area (Å²) in [4.78, 5) is 46.7. The minimum Gasteiger partial charge on any atom is -0.494 e. The van der Waals surface area contributed by atoms with Crippen LogP contribution in [0.4, 0.5) is 9.59 Å². The van der Waals surface area contributed by atoms with E-state index in [-0.39, 0.29) is 22.3 Å². The number of carbonyl (C=O) groups excluding carboxylic acids is 4. The van der Waals surface area contributed by atoms with Crippen LogP contribution in [0.2, 0.25) is 0 Å². The highest BCUT2D eigenvalue weighted by atomic mass is 32.2. The molecule has 5 rings (SSSR count). The van der Waals surface area contributed by atoms with Gasteiger partial charge in [0.15, 0.2) is 0 Å². The van der Waals surface area contributed by atoms with Crippen LogP contribution < -0.4 is 29.6 Å². The van der Waals surface area contributed by atoms with Gasteiger partial charge in [0.05, 0.1) is 36.2 Å². The lowest BCUT2D eigenvalue weighted by atomic mass is 10.2. The maximum Gasteiger partial charge on any atom is 0.290 e. The van der Waals surface area contributed by atoms with Gasteiger partial charge >= 0.3 is 0 Å². The number of ether oxygens (including phenoxy) is 4. The third kappa shape index (κ3) is 11.2. The Morgan fingerprint density at radius 3 is 1.00 bits per heavy atom. The number of thioether (sulfide) groups is 2. The molecule has 2 saturated heterocycles. The Kier molecular flexibility index (Phi) is 13.0. The van der Waals surface area contributed by atoms with Crippen molar-refractivity contribution in [2.45, 2.75) is 38.5 Å². The first-order valence-electron chi connectivity index (χ1n) is 15.7. The Morgan fingerprint density at radius 1 is 0.438 bits per heavy atom. The Hall–Kier alpha value is -4.68. The molecule has 2 fully saturated rings. The van der Waals surface area contributed by atoms with Gasteiger partial charge in [-0.2, -0.15) is 0 Å². The summed E-state index contributed by atoms with van der Waals surface area (Å²) in [5.74, 6) is 2.42. The van der Waals surface area contributed by atoms with E-state index >= 15 is 0 Å². The zero-order valence-corrected chi connectivity index (χ0v) is 27.9. The summed E-state index contributed by atoms with van der Waals surface area (Å²) in [7, 11) is 0. The van der Waals surface area contributed by atoms with Crippen LogP contribution in [0.5, 0.6) is 23.0 Å². The summed E-state index contributed by atoms with van der Waals surface area (Å²) < 4.78 is 23.3. The minimum absolute atomic E-state index is 0.350. The summed E-state index contributed by atoms with van der Waals surface area (Å²) >= 11 is 1.80. The predicted molar refractivity (Wildman–Crippen MR) is 187 cm³/mol. The molecule has 2 aliphatic rings. The summed E-state index contributed by atoms with van der Waals surface area (Å²) in [6.07, 6.45) is 8.98. The number of hydrogen-bond acceptors (Lipinski definition) is 10. The van der Waals surface area contributed by atoms with Crippen LogP contribution in [0.1, 0.15) is 49.7 Å². The number of unbranched alkanes of at least 4 members (excludes halogenated alkanes) is 4. The maximum atomic E-state index is 11.7. The van der Waals surface area contributed by atoms with Crippen molar-refractivity contribution in [1.29, 1.82) is 0 Å². The Morgan fingerprint density at radius 2 is 0.729 bits per heavy atom. The van der Waals surface area contributed by atoms with Crippen molar-refractivity contribution in [3.05, 3.63) is 93.7 Å². The molecule has 2 heterocycles. The van der Waals surface area contributed by atoms with Gasteiger partial charge in [0.1, 0.15) is 23.0 Å². The van der Waals surface area contributed by atoms with Crippen LogP contribution in [0.3, 0.4) is 0 Å². The van der Waals surface area contributed by atoms with Crippen LogP contribution in [-0.2, 0) is 9.59 Å². The molecule has 2 N–H and O–H groups in total. The van der Waals surface area contributed by atoms with Crippen molar-refractivity contribution in [2.75, 3.05) is 26.4 Å². The van der Waals surface area contributed by atoms with Gasteiger partial charge in [-0.25, -0.2) is 0 Å². The highest BCUT2D eigenvalue weighted by Gasteiger charge is 2.25. The molecule has 0 unspecified atom stereocenters. The number of hydrogen-bond donors (Lipinski definition) is 2. The first kappa shape index (κ1) is 34.6. The standard InChI is InChI=1S/C36H36N2O8S2/c39-33-31(47-35(41)37-33)23-25-7-11-27(12-8-25)43-19-3-1-5-21-45-29-15-17-30(18-16-29)46-22-6-2-4-20-44-28-13-9-26(10-14-28)24-32-34(40)38-36(42)48-32/h7-18,23-24H,1-6,19-22H2,(H,37,39,41)(H,38,40,42). The van der Waals surface area contributed by atoms with Gasteiger partial charge in [0.2, 0.25) is 0 Å². The predicted octanol–water partition coefficient (Wildman–Crippen LogP) is 7.59.